The van der Waals surface area contributed by atoms with Crippen LogP contribution in [0, 0.1) is 0 Å². The first kappa shape index (κ1) is 19.3. The maximum Gasteiger partial charge on any atom is 0.280 e. The van der Waals surface area contributed by atoms with Crippen molar-refractivity contribution in [2.45, 2.75) is 12.8 Å². The van der Waals surface area contributed by atoms with E-state index < -0.39 is 6.43 Å². The van der Waals surface area contributed by atoms with Crippen LogP contribution in [0.2, 0.25) is 5.02 Å². The van der Waals surface area contributed by atoms with Crippen LogP contribution in [0.15, 0.2) is 71.3 Å². The van der Waals surface area contributed by atoms with Crippen molar-refractivity contribution in [3.8, 4) is 22.7 Å². The monoisotopic (exact) mass is 437 g/mol. The summed E-state index contributed by atoms with van der Waals surface area (Å²) in [5, 5.41) is 12.8. The molecule has 0 radical (unpaired) electrons. The molecule has 0 aliphatic rings. The molecule has 0 unspecified atom stereocenters. The molecule has 0 bridgehead atoms. The number of rotatable bonds is 5. The standard InChI is InChI=1S/C22H14ClF2N5O/c23-15-8-4-5-13(9-15)10-19-28-29-22(31-19)16-12-26-30-18(20(24)25)11-17(27-21(16)30)14-6-2-1-3-7-14/h1-9,11-12,20H,10H2. The van der Waals surface area contributed by atoms with Crippen molar-refractivity contribution in [1.82, 2.24) is 24.8 Å². The largest absolute Gasteiger partial charge is 0.420 e. The molecule has 0 aliphatic heterocycles. The zero-order chi connectivity index (χ0) is 21.4. The van der Waals surface area contributed by atoms with Crippen LogP contribution >= 0.6 is 11.6 Å². The van der Waals surface area contributed by atoms with Crippen molar-refractivity contribution in [3.05, 3.63) is 89.0 Å². The normalized spacial score (nSPS) is 11.5. The number of benzene rings is 2. The van der Waals surface area contributed by atoms with Crippen molar-refractivity contribution in [2.75, 3.05) is 0 Å². The third-order valence-corrected chi connectivity index (χ3v) is 4.97. The fraction of sp³-hybridized carbons (Fsp3) is 0.0909. The lowest BCUT2D eigenvalue weighted by molar-refractivity contribution is 0.143. The van der Waals surface area contributed by atoms with E-state index in [1.807, 2.05) is 36.4 Å². The molecule has 3 aromatic heterocycles. The summed E-state index contributed by atoms with van der Waals surface area (Å²) in [6.45, 7) is 0. The summed E-state index contributed by atoms with van der Waals surface area (Å²) in [6.07, 6.45) is -0.945. The van der Waals surface area contributed by atoms with Crippen LogP contribution in [0.4, 0.5) is 8.78 Å². The molecular weight excluding hydrogens is 424 g/mol. The van der Waals surface area contributed by atoms with Gasteiger partial charge in [-0.2, -0.15) is 5.10 Å². The summed E-state index contributed by atoms with van der Waals surface area (Å²) in [5.41, 5.74) is 2.36. The first-order valence-corrected chi connectivity index (χ1v) is 9.76. The van der Waals surface area contributed by atoms with Crippen LogP contribution in [0.1, 0.15) is 23.6 Å². The third-order valence-electron chi connectivity index (χ3n) is 4.73. The summed E-state index contributed by atoms with van der Waals surface area (Å²) >= 11 is 6.02. The van der Waals surface area contributed by atoms with Crippen LogP contribution in [-0.4, -0.2) is 24.8 Å². The van der Waals surface area contributed by atoms with Gasteiger partial charge in [-0.05, 0) is 23.8 Å². The van der Waals surface area contributed by atoms with Crippen molar-refractivity contribution in [2.24, 2.45) is 0 Å². The van der Waals surface area contributed by atoms with Gasteiger partial charge in [0.2, 0.25) is 5.89 Å². The molecule has 0 amide bonds. The number of halogens is 3. The molecule has 0 aliphatic carbocycles. The summed E-state index contributed by atoms with van der Waals surface area (Å²) in [7, 11) is 0. The van der Waals surface area contributed by atoms with Crippen LogP contribution < -0.4 is 0 Å². The molecule has 5 rings (SSSR count). The predicted octanol–water partition coefficient (Wildman–Crippen LogP) is 5.63. The molecule has 0 saturated heterocycles. The maximum atomic E-state index is 13.7. The van der Waals surface area contributed by atoms with Gasteiger partial charge in [-0.15, -0.1) is 10.2 Å². The fourth-order valence-corrected chi connectivity index (χ4v) is 3.52. The van der Waals surface area contributed by atoms with Crippen molar-refractivity contribution in [3.63, 3.8) is 0 Å². The van der Waals surface area contributed by atoms with E-state index in [-0.39, 0.29) is 17.2 Å². The second kappa shape index (κ2) is 7.88. The summed E-state index contributed by atoms with van der Waals surface area (Å²) in [6, 6.07) is 17.8. The minimum absolute atomic E-state index is 0.157. The van der Waals surface area contributed by atoms with Gasteiger partial charge in [0, 0.05) is 10.6 Å². The molecular formula is C22H14ClF2N5O. The minimum atomic E-state index is -2.73. The lowest BCUT2D eigenvalue weighted by Gasteiger charge is -2.08. The Kier molecular flexibility index (Phi) is 4.91. The summed E-state index contributed by atoms with van der Waals surface area (Å²) in [4.78, 5) is 4.55. The fourth-order valence-electron chi connectivity index (χ4n) is 3.30. The van der Waals surface area contributed by atoms with E-state index in [2.05, 4.69) is 20.3 Å². The minimum Gasteiger partial charge on any atom is -0.420 e. The van der Waals surface area contributed by atoms with Gasteiger partial charge in [-0.1, -0.05) is 54.1 Å². The van der Waals surface area contributed by atoms with Gasteiger partial charge in [-0.3, -0.25) is 0 Å². The lowest BCUT2D eigenvalue weighted by atomic mass is 10.1. The van der Waals surface area contributed by atoms with Crippen LogP contribution in [0.3, 0.4) is 0 Å². The van der Waals surface area contributed by atoms with Gasteiger partial charge in [-0.25, -0.2) is 18.3 Å². The molecule has 0 N–H and O–H groups in total. The molecule has 0 atom stereocenters. The first-order chi connectivity index (χ1) is 15.1. The van der Waals surface area contributed by atoms with Gasteiger partial charge in [0.15, 0.2) is 5.65 Å². The highest BCUT2D eigenvalue weighted by Gasteiger charge is 2.22. The van der Waals surface area contributed by atoms with Crippen molar-refractivity contribution >= 4 is 17.2 Å². The number of hydrogen-bond donors (Lipinski definition) is 0. The van der Waals surface area contributed by atoms with Crippen molar-refractivity contribution in [1.29, 1.82) is 0 Å². The van der Waals surface area contributed by atoms with Crippen LogP contribution in [0.5, 0.6) is 0 Å². The average Bonchev–Trinajstić information content (AvgIpc) is 3.40. The topological polar surface area (TPSA) is 69.1 Å². The van der Waals surface area contributed by atoms with Gasteiger partial charge in [0.05, 0.1) is 18.3 Å². The van der Waals surface area contributed by atoms with Crippen LogP contribution in [0.25, 0.3) is 28.4 Å². The van der Waals surface area contributed by atoms with Gasteiger partial charge in [0.1, 0.15) is 11.3 Å². The van der Waals surface area contributed by atoms with E-state index in [9.17, 15) is 8.78 Å². The Labute approximate surface area is 180 Å². The van der Waals surface area contributed by atoms with Crippen molar-refractivity contribution < 1.29 is 13.2 Å². The Balaban J connectivity index is 1.58. The molecule has 9 heteroatoms. The summed E-state index contributed by atoms with van der Waals surface area (Å²) < 4.78 is 34.3. The maximum absolute atomic E-state index is 13.7. The molecule has 31 heavy (non-hydrogen) atoms. The third kappa shape index (κ3) is 3.77. The average molecular weight is 438 g/mol. The molecule has 0 saturated carbocycles. The molecule has 5 aromatic rings. The lowest BCUT2D eigenvalue weighted by Crippen LogP contribution is -2.02. The molecule has 2 aromatic carbocycles. The van der Waals surface area contributed by atoms with E-state index in [0.717, 1.165) is 10.1 Å². The number of fused-ring (bicyclic) bond motifs is 1. The van der Waals surface area contributed by atoms with E-state index >= 15 is 0 Å². The second-order valence-electron chi connectivity index (χ2n) is 6.83. The Morgan fingerprint density at radius 1 is 1.00 bits per heavy atom. The number of hydrogen-bond acceptors (Lipinski definition) is 5. The highest BCUT2D eigenvalue weighted by molar-refractivity contribution is 6.30. The predicted molar refractivity (Wildman–Crippen MR) is 111 cm³/mol. The van der Waals surface area contributed by atoms with Crippen LogP contribution in [-0.2, 0) is 6.42 Å². The molecule has 154 valence electrons. The molecule has 3 heterocycles. The Morgan fingerprint density at radius 3 is 2.61 bits per heavy atom. The zero-order valence-electron chi connectivity index (χ0n) is 15.9. The van der Waals surface area contributed by atoms with E-state index in [4.69, 9.17) is 16.0 Å². The SMILES string of the molecule is FC(F)c1cc(-c2ccccc2)nc2c(-c3nnc(Cc4cccc(Cl)c4)o3)cnn12. The smallest absolute Gasteiger partial charge is 0.280 e. The summed E-state index contributed by atoms with van der Waals surface area (Å²) in [5.74, 6) is 0.523. The van der Waals surface area contributed by atoms with Gasteiger partial charge >= 0.3 is 0 Å². The number of nitrogens with zero attached hydrogens (tertiary/aromatic N) is 5. The van der Waals surface area contributed by atoms with E-state index in [1.165, 1.54) is 12.3 Å². The van der Waals surface area contributed by atoms with E-state index in [1.54, 1.807) is 18.2 Å². The van der Waals surface area contributed by atoms with Gasteiger partial charge in [0.25, 0.3) is 12.3 Å². The quantitative estimate of drug-likeness (QED) is 0.356. The second-order valence-corrected chi connectivity index (χ2v) is 7.27. The Morgan fingerprint density at radius 2 is 1.84 bits per heavy atom. The Bertz CT molecular complexity index is 1370. The number of aromatic nitrogens is 5. The first-order valence-electron chi connectivity index (χ1n) is 9.38. The van der Waals surface area contributed by atoms with Gasteiger partial charge < -0.3 is 4.42 Å². The highest BCUT2D eigenvalue weighted by atomic mass is 35.5. The molecule has 0 fully saturated rings. The number of alkyl halides is 2. The molecule has 6 nitrogen and oxygen atoms in total. The molecule has 0 spiro atoms. The Hall–Kier alpha value is -3.65. The highest BCUT2D eigenvalue weighted by Crippen LogP contribution is 2.30. The zero-order valence-corrected chi connectivity index (χ0v) is 16.7. The van der Waals surface area contributed by atoms with E-state index in [0.29, 0.717) is 34.2 Å².